The molecule has 1 heteroatoms. The second-order valence-corrected chi connectivity index (χ2v) is 2.82. The molecule has 1 rings (SSSR count). The van der Waals surface area contributed by atoms with Crippen molar-refractivity contribution in [3.05, 3.63) is 42.9 Å². The van der Waals surface area contributed by atoms with Crippen LogP contribution in [0, 0.1) is 7.05 Å². The Morgan fingerprint density at radius 2 is 1.91 bits per heavy atom. The summed E-state index contributed by atoms with van der Waals surface area (Å²) in [6.07, 6.45) is 1.08. The van der Waals surface area contributed by atoms with E-state index in [9.17, 15) is 0 Å². The van der Waals surface area contributed by atoms with Crippen LogP contribution in [0.2, 0.25) is 0 Å². The predicted octanol–water partition coefficient (Wildman–Crippen LogP) is 1.95. The molecule has 0 aliphatic heterocycles. The molecule has 0 atom stereocenters. The van der Waals surface area contributed by atoms with E-state index in [1.165, 1.54) is 5.56 Å². The van der Waals surface area contributed by atoms with Gasteiger partial charge >= 0.3 is 0 Å². The number of benzene rings is 1. The van der Waals surface area contributed by atoms with Gasteiger partial charge in [-0.1, -0.05) is 30.3 Å². The van der Waals surface area contributed by atoms with Crippen molar-refractivity contribution in [1.29, 1.82) is 0 Å². The van der Waals surface area contributed by atoms with Crippen LogP contribution in [0.15, 0.2) is 30.3 Å². The first-order chi connectivity index (χ1) is 5.29. The van der Waals surface area contributed by atoms with Crippen molar-refractivity contribution in [2.75, 3.05) is 13.6 Å². The molecule has 0 N–H and O–H groups in total. The van der Waals surface area contributed by atoms with Crippen LogP contribution in [-0.2, 0) is 6.42 Å². The number of rotatable bonds is 3. The van der Waals surface area contributed by atoms with Gasteiger partial charge in [0.25, 0.3) is 0 Å². The Morgan fingerprint density at radius 3 is 2.45 bits per heavy atom. The monoisotopic (exact) mass is 148 g/mol. The lowest BCUT2D eigenvalue weighted by atomic mass is 10.1. The minimum Gasteiger partial charge on any atom is -0.305 e. The first kappa shape index (κ1) is 8.28. The molecular formula is C10H14N. The largest absolute Gasteiger partial charge is 0.305 e. The molecule has 0 aliphatic rings. The maximum absolute atomic E-state index is 3.79. The Balaban J connectivity index is 2.39. The molecule has 1 radical (unpaired) electrons. The zero-order valence-electron chi connectivity index (χ0n) is 6.96. The van der Waals surface area contributed by atoms with Gasteiger partial charge in [0.1, 0.15) is 0 Å². The van der Waals surface area contributed by atoms with Gasteiger partial charge in [-0.15, -0.1) is 0 Å². The summed E-state index contributed by atoms with van der Waals surface area (Å²) in [5.74, 6) is 0. The summed E-state index contributed by atoms with van der Waals surface area (Å²) in [6, 6.07) is 10.5. The van der Waals surface area contributed by atoms with Crippen LogP contribution < -0.4 is 0 Å². The van der Waals surface area contributed by atoms with Gasteiger partial charge in [-0.2, -0.15) is 0 Å². The molecule has 0 saturated heterocycles. The fourth-order valence-electron chi connectivity index (χ4n) is 0.965. The van der Waals surface area contributed by atoms with Gasteiger partial charge in [-0.3, -0.25) is 0 Å². The average molecular weight is 148 g/mol. The topological polar surface area (TPSA) is 3.24 Å². The Labute approximate surface area is 68.7 Å². The minimum absolute atomic E-state index is 1.02. The van der Waals surface area contributed by atoms with Crippen LogP contribution in [-0.4, -0.2) is 18.5 Å². The summed E-state index contributed by atoms with van der Waals surface area (Å²) in [5, 5.41) is 0. The average Bonchev–Trinajstić information content (AvgIpc) is 2.03. The van der Waals surface area contributed by atoms with E-state index in [-0.39, 0.29) is 0 Å². The zero-order chi connectivity index (χ0) is 8.10. The molecule has 1 aromatic rings. The van der Waals surface area contributed by atoms with E-state index in [4.69, 9.17) is 0 Å². The Kier molecular flexibility index (Phi) is 3.12. The molecule has 0 heterocycles. The Morgan fingerprint density at radius 1 is 1.27 bits per heavy atom. The van der Waals surface area contributed by atoms with Gasteiger partial charge in [0.05, 0.1) is 0 Å². The smallest absolute Gasteiger partial charge is 0.0106 e. The first-order valence-electron chi connectivity index (χ1n) is 3.84. The van der Waals surface area contributed by atoms with Gasteiger partial charge in [0.15, 0.2) is 0 Å². The second-order valence-electron chi connectivity index (χ2n) is 2.82. The fourth-order valence-corrected chi connectivity index (χ4v) is 0.965. The van der Waals surface area contributed by atoms with Crippen molar-refractivity contribution in [3.63, 3.8) is 0 Å². The van der Waals surface area contributed by atoms with Gasteiger partial charge in [0.2, 0.25) is 0 Å². The zero-order valence-corrected chi connectivity index (χ0v) is 6.96. The van der Waals surface area contributed by atoms with Crippen molar-refractivity contribution < 1.29 is 0 Å². The molecule has 0 amide bonds. The highest BCUT2D eigenvalue weighted by atomic mass is 15.0. The SMILES string of the molecule is [CH2]N(C)CCc1ccccc1. The normalized spacial score (nSPS) is 10.5. The Bertz CT molecular complexity index is 191. The van der Waals surface area contributed by atoms with E-state index in [1.54, 1.807) is 0 Å². The molecule has 0 fully saturated rings. The molecular weight excluding hydrogens is 134 g/mol. The maximum Gasteiger partial charge on any atom is 0.0106 e. The highest BCUT2D eigenvalue weighted by Crippen LogP contribution is 1.99. The van der Waals surface area contributed by atoms with Crippen LogP contribution in [0.3, 0.4) is 0 Å². The predicted molar refractivity (Wildman–Crippen MR) is 48.1 cm³/mol. The highest BCUT2D eigenvalue weighted by molar-refractivity contribution is 5.14. The van der Waals surface area contributed by atoms with E-state index in [1.807, 2.05) is 18.0 Å². The third kappa shape index (κ3) is 3.19. The standard InChI is InChI=1S/C10H14N/c1-11(2)9-8-10-6-4-3-5-7-10/h3-7H,1,8-9H2,2H3. The van der Waals surface area contributed by atoms with E-state index in [0.717, 1.165) is 13.0 Å². The van der Waals surface area contributed by atoms with Gasteiger partial charge in [-0.25, -0.2) is 0 Å². The van der Waals surface area contributed by atoms with Crippen molar-refractivity contribution in [1.82, 2.24) is 4.90 Å². The van der Waals surface area contributed by atoms with Crippen LogP contribution in [0.1, 0.15) is 5.56 Å². The molecule has 59 valence electrons. The molecule has 0 unspecified atom stereocenters. The summed E-state index contributed by atoms with van der Waals surface area (Å²) in [6.45, 7) is 1.02. The molecule has 0 bridgehead atoms. The molecule has 0 spiro atoms. The number of nitrogens with zero attached hydrogens (tertiary/aromatic N) is 1. The summed E-state index contributed by atoms with van der Waals surface area (Å²) in [5.41, 5.74) is 1.38. The van der Waals surface area contributed by atoms with Crippen LogP contribution in [0.25, 0.3) is 0 Å². The van der Waals surface area contributed by atoms with E-state index in [0.29, 0.717) is 0 Å². The molecule has 0 aliphatic carbocycles. The lowest BCUT2D eigenvalue weighted by molar-refractivity contribution is 0.455. The Hall–Kier alpha value is -0.820. The molecule has 0 aromatic heterocycles. The van der Waals surface area contributed by atoms with Crippen LogP contribution >= 0.6 is 0 Å². The summed E-state index contributed by atoms with van der Waals surface area (Å²) in [7, 11) is 5.78. The number of hydrogen-bond donors (Lipinski definition) is 0. The summed E-state index contributed by atoms with van der Waals surface area (Å²) in [4.78, 5) is 1.95. The van der Waals surface area contributed by atoms with Crippen LogP contribution in [0.4, 0.5) is 0 Å². The molecule has 1 nitrogen and oxygen atoms in total. The third-order valence-electron chi connectivity index (χ3n) is 1.63. The van der Waals surface area contributed by atoms with Gasteiger partial charge in [-0.05, 0) is 19.0 Å². The van der Waals surface area contributed by atoms with Gasteiger partial charge in [0, 0.05) is 13.6 Å². The van der Waals surface area contributed by atoms with Crippen molar-refractivity contribution in [3.8, 4) is 0 Å². The summed E-state index contributed by atoms with van der Waals surface area (Å²) < 4.78 is 0. The fraction of sp³-hybridized carbons (Fsp3) is 0.300. The van der Waals surface area contributed by atoms with Crippen molar-refractivity contribution >= 4 is 0 Å². The highest BCUT2D eigenvalue weighted by Gasteiger charge is 1.91. The van der Waals surface area contributed by atoms with Crippen molar-refractivity contribution in [2.45, 2.75) is 6.42 Å². The lowest BCUT2D eigenvalue weighted by Crippen LogP contribution is -2.12. The molecule has 0 saturated carbocycles. The van der Waals surface area contributed by atoms with E-state index in [2.05, 4.69) is 31.3 Å². The first-order valence-corrected chi connectivity index (χ1v) is 3.84. The summed E-state index contributed by atoms with van der Waals surface area (Å²) >= 11 is 0. The maximum atomic E-state index is 3.79. The number of hydrogen-bond acceptors (Lipinski definition) is 1. The van der Waals surface area contributed by atoms with E-state index < -0.39 is 0 Å². The quantitative estimate of drug-likeness (QED) is 0.633. The van der Waals surface area contributed by atoms with Crippen molar-refractivity contribution in [2.24, 2.45) is 0 Å². The van der Waals surface area contributed by atoms with Crippen LogP contribution in [0.5, 0.6) is 0 Å². The van der Waals surface area contributed by atoms with E-state index >= 15 is 0 Å². The molecule has 1 aromatic carbocycles. The number of likely N-dealkylation sites (N-methyl/N-ethyl adjacent to an activating group) is 1. The van der Waals surface area contributed by atoms with Gasteiger partial charge < -0.3 is 4.90 Å². The lowest BCUT2D eigenvalue weighted by Gasteiger charge is -2.07. The second kappa shape index (κ2) is 4.14. The third-order valence-corrected chi connectivity index (χ3v) is 1.63. The molecule has 11 heavy (non-hydrogen) atoms. The minimum atomic E-state index is 1.02.